The van der Waals surface area contributed by atoms with Crippen LogP contribution in [0.2, 0.25) is 0 Å². The van der Waals surface area contributed by atoms with Gasteiger partial charge in [-0.3, -0.25) is 4.79 Å². The Kier molecular flexibility index (Phi) is 6.44. The van der Waals surface area contributed by atoms with E-state index in [1.807, 2.05) is 32.0 Å². The highest BCUT2D eigenvalue weighted by molar-refractivity contribution is 5.96. The van der Waals surface area contributed by atoms with Crippen molar-refractivity contribution >= 4 is 5.91 Å². The second-order valence-electron chi connectivity index (χ2n) is 4.73. The van der Waals surface area contributed by atoms with Gasteiger partial charge in [-0.05, 0) is 44.4 Å². The van der Waals surface area contributed by atoms with Crippen molar-refractivity contribution in [1.82, 2.24) is 5.32 Å². The summed E-state index contributed by atoms with van der Waals surface area (Å²) in [6.45, 7) is 5.46. The van der Waals surface area contributed by atoms with Crippen molar-refractivity contribution in [2.24, 2.45) is 5.73 Å². The summed E-state index contributed by atoms with van der Waals surface area (Å²) in [6, 6.07) is 5.93. The molecule has 0 atom stereocenters. The molecule has 0 aliphatic heterocycles. The molecule has 0 aromatic heterocycles. The van der Waals surface area contributed by atoms with Crippen LogP contribution < -0.4 is 11.1 Å². The molecule has 3 N–H and O–H groups in total. The monoisotopic (exact) mass is 248 g/mol. The third-order valence-electron chi connectivity index (χ3n) is 3.12. The molecule has 3 nitrogen and oxygen atoms in total. The van der Waals surface area contributed by atoms with Gasteiger partial charge in [-0.15, -0.1) is 0 Å². The largest absolute Gasteiger partial charge is 0.352 e. The van der Waals surface area contributed by atoms with Gasteiger partial charge in [-0.2, -0.15) is 0 Å². The first-order chi connectivity index (χ1) is 8.66. The van der Waals surface area contributed by atoms with Gasteiger partial charge in [0.25, 0.3) is 5.91 Å². The second kappa shape index (κ2) is 7.88. The summed E-state index contributed by atoms with van der Waals surface area (Å²) in [4.78, 5) is 12.0. The van der Waals surface area contributed by atoms with Crippen LogP contribution in [-0.4, -0.2) is 19.0 Å². The summed E-state index contributed by atoms with van der Waals surface area (Å²) in [7, 11) is 0. The van der Waals surface area contributed by atoms with Gasteiger partial charge < -0.3 is 11.1 Å². The van der Waals surface area contributed by atoms with Crippen molar-refractivity contribution < 1.29 is 4.79 Å². The summed E-state index contributed by atoms with van der Waals surface area (Å²) in [6.07, 6.45) is 4.38. The van der Waals surface area contributed by atoms with E-state index in [0.29, 0.717) is 0 Å². The van der Waals surface area contributed by atoms with Gasteiger partial charge in [0, 0.05) is 12.1 Å². The summed E-state index contributed by atoms with van der Waals surface area (Å²) in [5, 5.41) is 2.99. The van der Waals surface area contributed by atoms with Crippen molar-refractivity contribution in [3.8, 4) is 0 Å². The van der Waals surface area contributed by atoms with Crippen LogP contribution in [0.15, 0.2) is 18.2 Å². The van der Waals surface area contributed by atoms with Gasteiger partial charge >= 0.3 is 0 Å². The van der Waals surface area contributed by atoms with E-state index < -0.39 is 0 Å². The highest BCUT2D eigenvalue weighted by atomic mass is 16.1. The minimum absolute atomic E-state index is 0.0458. The maximum atomic E-state index is 12.0. The lowest BCUT2D eigenvalue weighted by Crippen LogP contribution is -2.26. The summed E-state index contributed by atoms with van der Waals surface area (Å²) >= 11 is 0. The Morgan fingerprint density at radius 3 is 2.33 bits per heavy atom. The lowest BCUT2D eigenvalue weighted by Gasteiger charge is -2.10. The van der Waals surface area contributed by atoms with E-state index in [-0.39, 0.29) is 5.91 Å². The number of unbranched alkanes of at least 4 members (excludes halogenated alkanes) is 3. The lowest BCUT2D eigenvalue weighted by atomic mass is 10.0. The van der Waals surface area contributed by atoms with Crippen LogP contribution in [0, 0.1) is 13.8 Å². The molecule has 1 aromatic carbocycles. The Morgan fingerprint density at radius 2 is 1.72 bits per heavy atom. The minimum Gasteiger partial charge on any atom is -0.352 e. The number of carbonyl (C=O) groups is 1. The fourth-order valence-corrected chi connectivity index (χ4v) is 2.09. The number of hydrogen-bond donors (Lipinski definition) is 2. The van der Waals surface area contributed by atoms with E-state index >= 15 is 0 Å². The maximum absolute atomic E-state index is 12.0. The van der Waals surface area contributed by atoms with E-state index in [4.69, 9.17) is 5.73 Å². The van der Waals surface area contributed by atoms with Crippen molar-refractivity contribution in [2.45, 2.75) is 39.5 Å². The number of carbonyl (C=O) groups excluding carboxylic acids is 1. The van der Waals surface area contributed by atoms with Crippen LogP contribution in [0.25, 0.3) is 0 Å². The Balaban J connectivity index is 2.37. The van der Waals surface area contributed by atoms with Gasteiger partial charge in [0.1, 0.15) is 0 Å². The van der Waals surface area contributed by atoms with Crippen LogP contribution in [0.4, 0.5) is 0 Å². The minimum atomic E-state index is 0.0458. The smallest absolute Gasteiger partial charge is 0.251 e. The summed E-state index contributed by atoms with van der Waals surface area (Å²) < 4.78 is 0. The molecule has 0 heterocycles. The molecular formula is C15H24N2O. The Morgan fingerprint density at radius 1 is 1.11 bits per heavy atom. The van der Waals surface area contributed by atoms with Crippen molar-refractivity contribution in [2.75, 3.05) is 13.1 Å². The average molecular weight is 248 g/mol. The Labute approximate surface area is 110 Å². The molecule has 0 bridgehead atoms. The normalized spacial score (nSPS) is 10.4. The van der Waals surface area contributed by atoms with Crippen molar-refractivity contribution in [1.29, 1.82) is 0 Å². The Hall–Kier alpha value is -1.35. The SMILES string of the molecule is Cc1cccc(C)c1C(=O)NCCCCCCN. The fraction of sp³-hybridized carbons (Fsp3) is 0.533. The molecule has 18 heavy (non-hydrogen) atoms. The predicted molar refractivity (Wildman–Crippen MR) is 75.8 cm³/mol. The molecule has 0 aliphatic rings. The van der Waals surface area contributed by atoms with Crippen LogP contribution in [0.1, 0.15) is 47.2 Å². The number of nitrogens with one attached hydrogen (secondary N) is 1. The number of amides is 1. The average Bonchev–Trinajstić information content (AvgIpc) is 2.33. The molecule has 0 saturated carbocycles. The second-order valence-corrected chi connectivity index (χ2v) is 4.73. The van der Waals surface area contributed by atoms with Crippen molar-refractivity contribution in [3.63, 3.8) is 0 Å². The zero-order valence-electron chi connectivity index (χ0n) is 11.5. The molecule has 1 aromatic rings. The summed E-state index contributed by atoms with van der Waals surface area (Å²) in [5.41, 5.74) is 8.33. The van der Waals surface area contributed by atoms with Gasteiger partial charge in [-0.25, -0.2) is 0 Å². The third kappa shape index (κ3) is 4.49. The lowest BCUT2D eigenvalue weighted by molar-refractivity contribution is 0.0951. The molecular weight excluding hydrogens is 224 g/mol. The number of aryl methyl sites for hydroxylation is 2. The number of rotatable bonds is 7. The van der Waals surface area contributed by atoms with E-state index in [9.17, 15) is 4.79 Å². The zero-order chi connectivity index (χ0) is 13.4. The van der Waals surface area contributed by atoms with Crippen LogP contribution >= 0.6 is 0 Å². The molecule has 0 saturated heterocycles. The van der Waals surface area contributed by atoms with E-state index in [2.05, 4.69) is 5.32 Å². The van der Waals surface area contributed by atoms with Crippen LogP contribution in [0.3, 0.4) is 0 Å². The molecule has 0 fully saturated rings. The van der Waals surface area contributed by atoms with E-state index in [1.165, 1.54) is 0 Å². The first-order valence-electron chi connectivity index (χ1n) is 6.71. The topological polar surface area (TPSA) is 55.1 Å². The van der Waals surface area contributed by atoms with E-state index in [0.717, 1.165) is 55.5 Å². The third-order valence-corrected chi connectivity index (χ3v) is 3.12. The number of nitrogens with two attached hydrogens (primary N) is 1. The van der Waals surface area contributed by atoms with Crippen molar-refractivity contribution in [3.05, 3.63) is 34.9 Å². The number of benzene rings is 1. The molecule has 0 aliphatic carbocycles. The predicted octanol–water partition coefficient (Wildman–Crippen LogP) is 2.55. The molecule has 0 spiro atoms. The van der Waals surface area contributed by atoms with E-state index in [1.54, 1.807) is 0 Å². The highest BCUT2D eigenvalue weighted by Gasteiger charge is 2.10. The molecule has 0 unspecified atom stereocenters. The molecule has 0 radical (unpaired) electrons. The first-order valence-corrected chi connectivity index (χ1v) is 6.71. The standard InChI is InChI=1S/C15H24N2O/c1-12-8-7-9-13(2)14(12)15(18)17-11-6-4-3-5-10-16/h7-9H,3-6,10-11,16H2,1-2H3,(H,17,18). The summed E-state index contributed by atoms with van der Waals surface area (Å²) in [5.74, 6) is 0.0458. The van der Waals surface area contributed by atoms with Gasteiger partial charge in [0.15, 0.2) is 0 Å². The van der Waals surface area contributed by atoms with Gasteiger partial charge in [0.2, 0.25) is 0 Å². The molecule has 1 rings (SSSR count). The van der Waals surface area contributed by atoms with Crippen LogP contribution in [0.5, 0.6) is 0 Å². The number of hydrogen-bond acceptors (Lipinski definition) is 2. The van der Waals surface area contributed by atoms with Crippen LogP contribution in [-0.2, 0) is 0 Å². The molecule has 1 amide bonds. The fourth-order valence-electron chi connectivity index (χ4n) is 2.09. The molecule has 100 valence electrons. The Bertz CT molecular complexity index is 368. The quantitative estimate of drug-likeness (QED) is 0.729. The highest BCUT2D eigenvalue weighted by Crippen LogP contribution is 2.12. The zero-order valence-corrected chi connectivity index (χ0v) is 11.5. The first kappa shape index (κ1) is 14.7. The van der Waals surface area contributed by atoms with Gasteiger partial charge in [0.05, 0.1) is 0 Å². The molecule has 3 heteroatoms. The maximum Gasteiger partial charge on any atom is 0.251 e. The van der Waals surface area contributed by atoms with Gasteiger partial charge in [-0.1, -0.05) is 31.0 Å².